The van der Waals surface area contributed by atoms with Crippen molar-refractivity contribution < 1.29 is 9.53 Å². The summed E-state index contributed by atoms with van der Waals surface area (Å²) in [7, 11) is 0. The number of carbonyl (C=O) groups is 1. The third-order valence-electron chi connectivity index (χ3n) is 2.44. The molecule has 92 valence electrons. The largest absolute Gasteiger partial charge is 0.379 e. The summed E-state index contributed by atoms with van der Waals surface area (Å²) in [6.45, 7) is 2.66. The summed E-state index contributed by atoms with van der Waals surface area (Å²) in [5, 5.41) is 1.83. The highest BCUT2D eigenvalue weighted by atomic mass is 16.5. The minimum atomic E-state index is -0.178. The number of ether oxygens (including phenoxy) is 1. The molecule has 2 rings (SSSR count). The van der Waals surface area contributed by atoms with Crippen molar-refractivity contribution in [2.24, 2.45) is 5.84 Å². The van der Waals surface area contributed by atoms with Crippen LogP contribution in [0, 0.1) is 0 Å². The number of nitrogens with two attached hydrogens (primary N) is 1. The van der Waals surface area contributed by atoms with E-state index in [1.54, 1.807) is 12.1 Å². The third-order valence-corrected chi connectivity index (χ3v) is 2.44. The SMILES string of the molecule is NNc1ccc(C(=O)NN2CCOCC2)cn1. The monoisotopic (exact) mass is 237 g/mol. The van der Waals surface area contributed by atoms with Gasteiger partial charge < -0.3 is 10.2 Å². The van der Waals surface area contributed by atoms with Gasteiger partial charge in [0.15, 0.2) is 0 Å². The molecule has 1 aromatic rings. The molecule has 1 saturated heterocycles. The number of nitrogens with one attached hydrogen (secondary N) is 2. The molecule has 4 N–H and O–H groups in total. The fraction of sp³-hybridized carbons (Fsp3) is 0.400. The van der Waals surface area contributed by atoms with E-state index in [1.165, 1.54) is 6.20 Å². The average molecular weight is 237 g/mol. The number of hydrogen-bond donors (Lipinski definition) is 3. The molecule has 0 radical (unpaired) electrons. The van der Waals surface area contributed by atoms with Crippen molar-refractivity contribution >= 4 is 11.7 Å². The van der Waals surface area contributed by atoms with Crippen LogP contribution in [0.1, 0.15) is 10.4 Å². The van der Waals surface area contributed by atoms with Crippen LogP contribution in [0.15, 0.2) is 18.3 Å². The lowest BCUT2D eigenvalue weighted by atomic mass is 10.3. The summed E-state index contributed by atoms with van der Waals surface area (Å²) < 4.78 is 5.19. The number of amides is 1. The highest BCUT2D eigenvalue weighted by molar-refractivity contribution is 5.93. The van der Waals surface area contributed by atoms with Gasteiger partial charge in [0.1, 0.15) is 5.82 Å². The molecular formula is C10H15N5O2. The van der Waals surface area contributed by atoms with Gasteiger partial charge in [-0.25, -0.2) is 15.8 Å². The summed E-state index contributed by atoms with van der Waals surface area (Å²) in [5.41, 5.74) is 5.70. The summed E-state index contributed by atoms with van der Waals surface area (Å²) >= 11 is 0. The lowest BCUT2D eigenvalue weighted by Gasteiger charge is -2.26. The van der Waals surface area contributed by atoms with Crippen molar-refractivity contribution in [1.29, 1.82) is 0 Å². The van der Waals surface area contributed by atoms with Crippen LogP contribution in [0.3, 0.4) is 0 Å². The number of nitrogens with zero attached hydrogens (tertiary/aromatic N) is 2. The van der Waals surface area contributed by atoms with Gasteiger partial charge in [0.2, 0.25) is 0 Å². The Hall–Kier alpha value is -1.70. The normalized spacial score (nSPS) is 16.5. The molecule has 0 spiro atoms. The summed E-state index contributed by atoms with van der Waals surface area (Å²) in [6, 6.07) is 3.31. The molecule has 7 nitrogen and oxygen atoms in total. The molecule has 0 atom stereocenters. The maximum atomic E-state index is 11.8. The first-order valence-electron chi connectivity index (χ1n) is 5.36. The maximum Gasteiger partial charge on any atom is 0.267 e. The number of nitrogen functional groups attached to an aromatic ring is 1. The molecule has 1 amide bonds. The standard InChI is InChI=1S/C10H15N5O2/c11-13-9-2-1-8(7-12-9)10(16)14-15-3-5-17-6-4-15/h1-2,7H,3-6,11H2,(H,12,13)(H,14,16). The van der Waals surface area contributed by atoms with Crippen molar-refractivity contribution in [3.05, 3.63) is 23.9 Å². The van der Waals surface area contributed by atoms with E-state index in [0.29, 0.717) is 37.7 Å². The first-order chi connectivity index (χ1) is 8.29. The van der Waals surface area contributed by atoms with Gasteiger partial charge in [-0.3, -0.25) is 10.2 Å². The van der Waals surface area contributed by atoms with E-state index in [4.69, 9.17) is 10.6 Å². The van der Waals surface area contributed by atoms with Gasteiger partial charge in [-0.2, -0.15) is 0 Å². The molecule has 0 saturated carbocycles. The number of pyridine rings is 1. The topological polar surface area (TPSA) is 92.5 Å². The molecule has 0 aromatic carbocycles. The second-order valence-electron chi connectivity index (χ2n) is 3.62. The van der Waals surface area contributed by atoms with E-state index in [-0.39, 0.29) is 5.91 Å². The Kier molecular flexibility index (Phi) is 3.86. The van der Waals surface area contributed by atoms with Crippen LogP contribution in [0.5, 0.6) is 0 Å². The number of hydrazine groups is 2. The van der Waals surface area contributed by atoms with Crippen molar-refractivity contribution in [1.82, 2.24) is 15.4 Å². The zero-order valence-electron chi connectivity index (χ0n) is 9.35. The van der Waals surface area contributed by atoms with Crippen LogP contribution in [0.4, 0.5) is 5.82 Å². The van der Waals surface area contributed by atoms with Gasteiger partial charge >= 0.3 is 0 Å². The van der Waals surface area contributed by atoms with Crippen molar-refractivity contribution in [3.63, 3.8) is 0 Å². The van der Waals surface area contributed by atoms with E-state index in [1.807, 2.05) is 5.01 Å². The van der Waals surface area contributed by atoms with Crippen molar-refractivity contribution in [3.8, 4) is 0 Å². The zero-order valence-corrected chi connectivity index (χ0v) is 9.35. The fourth-order valence-corrected chi connectivity index (χ4v) is 1.50. The minimum absolute atomic E-state index is 0.178. The molecule has 1 fully saturated rings. The van der Waals surface area contributed by atoms with Gasteiger partial charge in [0, 0.05) is 19.3 Å². The smallest absolute Gasteiger partial charge is 0.267 e. The summed E-state index contributed by atoms with van der Waals surface area (Å²) in [5.74, 6) is 5.53. The Bertz CT molecular complexity index is 375. The Morgan fingerprint density at radius 2 is 2.18 bits per heavy atom. The molecular weight excluding hydrogens is 222 g/mol. The Balaban J connectivity index is 1.93. The lowest BCUT2D eigenvalue weighted by Crippen LogP contribution is -2.48. The second-order valence-corrected chi connectivity index (χ2v) is 3.62. The van der Waals surface area contributed by atoms with Crippen LogP contribution in [-0.4, -0.2) is 42.2 Å². The van der Waals surface area contributed by atoms with Gasteiger partial charge in [-0.1, -0.05) is 0 Å². The van der Waals surface area contributed by atoms with Crippen molar-refractivity contribution in [2.75, 3.05) is 31.7 Å². The van der Waals surface area contributed by atoms with Crippen molar-refractivity contribution in [2.45, 2.75) is 0 Å². The summed E-state index contributed by atoms with van der Waals surface area (Å²) in [4.78, 5) is 15.8. The predicted octanol–water partition coefficient (Wildman–Crippen LogP) is -0.656. The predicted molar refractivity (Wildman–Crippen MR) is 61.9 cm³/mol. The van der Waals surface area contributed by atoms with E-state index in [2.05, 4.69) is 15.8 Å². The van der Waals surface area contributed by atoms with Crippen LogP contribution >= 0.6 is 0 Å². The third kappa shape index (κ3) is 3.13. The second kappa shape index (κ2) is 5.58. The number of aromatic nitrogens is 1. The zero-order chi connectivity index (χ0) is 12.1. The molecule has 0 aliphatic carbocycles. The quantitative estimate of drug-likeness (QED) is 0.477. The van der Waals surface area contributed by atoms with Gasteiger partial charge in [-0.05, 0) is 12.1 Å². The Labute approximate surface area is 98.9 Å². The van der Waals surface area contributed by atoms with E-state index >= 15 is 0 Å². The molecule has 2 heterocycles. The van der Waals surface area contributed by atoms with E-state index in [0.717, 1.165) is 0 Å². The van der Waals surface area contributed by atoms with Crippen LogP contribution < -0.4 is 16.7 Å². The number of morpholine rings is 1. The number of rotatable bonds is 3. The van der Waals surface area contributed by atoms with E-state index < -0.39 is 0 Å². The first-order valence-corrected chi connectivity index (χ1v) is 5.36. The average Bonchev–Trinajstić information content (AvgIpc) is 2.40. The molecule has 0 bridgehead atoms. The lowest BCUT2D eigenvalue weighted by molar-refractivity contribution is 0.0126. The maximum absolute atomic E-state index is 11.8. The van der Waals surface area contributed by atoms with Gasteiger partial charge in [0.05, 0.1) is 18.8 Å². The molecule has 1 aromatic heterocycles. The number of anilines is 1. The van der Waals surface area contributed by atoms with Crippen LogP contribution in [-0.2, 0) is 4.74 Å². The molecule has 7 heteroatoms. The molecule has 0 unspecified atom stereocenters. The number of hydrogen-bond acceptors (Lipinski definition) is 6. The molecule has 1 aliphatic rings. The first kappa shape index (κ1) is 11.8. The fourth-order valence-electron chi connectivity index (χ4n) is 1.50. The van der Waals surface area contributed by atoms with Crippen LogP contribution in [0.25, 0.3) is 0 Å². The highest BCUT2D eigenvalue weighted by Gasteiger charge is 2.14. The van der Waals surface area contributed by atoms with E-state index in [9.17, 15) is 4.79 Å². The van der Waals surface area contributed by atoms with Gasteiger partial charge in [-0.15, -0.1) is 0 Å². The number of carbonyl (C=O) groups excluding carboxylic acids is 1. The summed E-state index contributed by atoms with van der Waals surface area (Å²) in [6.07, 6.45) is 1.48. The van der Waals surface area contributed by atoms with Crippen LogP contribution in [0.2, 0.25) is 0 Å². The minimum Gasteiger partial charge on any atom is -0.379 e. The Morgan fingerprint density at radius 3 is 2.76 bits per heavy atom. The Morgan fingerprint density at radius 1 is 1.41 bits per heavy atom. The molecule has 1 aliphatic heterocycles. The molecule has 17 heavy (non-hydrogen) atoms. The van der Waals surface area contributed by atoms with Gasteiger partial charge in [0.25, 0.3) is 5.91 Å². The highest BCUT2D eigenvalue weighted by Crippen LogP contribution is 2.04.